The molecule has 0 spiro atoms. The predicted octanol–water partition coefficient (Wildman–Crippen LogP) is 1.90. The molecule has 1 heterocycles. The molecule has 0 amide bonds. The normalized spacial score (nSPS) is 32.5. The van der Waals surface area contributed by atoms with Crippen LogP contribution in [0.4, 0.5) is 0 Å². The number of aromatic nitrogens is 2. The van der Waals surface area contributed by atoms with E-state index in [0.29, 0.717) is 6.04 Å². The Balaban J connectivity index is 1.64. The van der Waals surface area contributed by atoms with E-state index in [0.717, 1.165) is 30.6 Å². The van der Waals surface area contributed by atoms with Gasteiger partial charge < -0.3 is 5.73 Å². The number of aryl methyl sites for hydroxylation is 2. The van der Waals surface area contributed by atoms with Crippen molar-refractivity contribution < 1.29 is 0 Å². The van der Waals surface area contributed by atoms with Gasteiger partial charge in [-0.05, 0) is 43.1 Å². The quantitative estimate of drug-likeness (QED) is 0.863. The molecule has 2 N–H and O–H groups in total. The summed E-state index contributed by atoms with van der Waals surface area (Å²) in [4.78, 5) is 0. The van der Waals surface area contributed by atoms with Gasteiger partial charge in [0.2, 0.25) is 0 Å². The van der Waals surface area contributed by atoms with Crippen LogP contribution >= 0.6 is 0 Å². The molecule has 2 aliphatic carbocycles. The molecule has 1 aromatic rings. The van der Waals surface area contributed by atoms with Crippen molar-refractivity contribution in [3.8, 4) is 0 Å². The fourth-order valence-electron chi connectivity index (χ4n) is 3.82. The van der Waals surface area contributed by atoms with E-state index >= 15 is 0 Å². The van der Waals surface area contributed by atoms with Crippen LogP contribution in [0.15, 0.2) is 6.07 Å². The molecular formula is C14H23N3. The molecule has 3 heteroatoms. The minimum absolute atomic E-state index is 0.352. The zero-order chi connectivity index (χ0) is 12.0. The SMILES string of the molecule is CCc1cc(CC(N)C2C3CCCC32)n(C)n1. The van der Waals surface area contributed by atoms with E-state index in [9.17, 15) is 0 Å². The zero-order valence-corrected chi connectivity index (χ0v) is 10.9. The average molecular weight is 233 g/mol. The average Bonchev–Trinajstić information content (AvgIpc) is 2.67. The van der Waals surface area contributed by atoms with Crippen LogP contribution in [0.1, 0.15) is 37.6 Å². The van der Waals surface area contributed by atoms with Crippen molar-refractivity contribution in [2.45, 2.75) is 45.1 Å². The minimum Gasteiger partial charge on any atom is -0.327 e. The summed E-state index contributed by atoms with van der Waals surface area (Å²) in [6.45, 7) is 2.15. The summed E-state index contributed by atoms with van der Waals surface area (Å²) in [7, 11) is 2.04. The standard InChI is InChI=1S/C14H23N3/c1-3-9-7-10(17(2)16-9)8-13(15)14-11-5-4-6-12(11)14/h7,11-14H,3-6,8,15H2,1-2H3. The number of hydrogen-bond acceptors (Lipinski definition) is 2. The molecule has 2 aliphatic rings. The van der Waals surface area contributed by atoms with Crippen LogP contribution in [0.3, 0.4) is 0 Å². The van der Waals surface area contributed by atoms with Crippen molar-refractivity contribution in [2.24, 2.45) is 30.5 Å². The highest BCUT2D eigenvalue weighted by Gasteiger charge is 2.54. The Morgan fingerprint density at radius 3 is 2.76 bits per heavy atom. The van der Waals surface area contributed by atoms with Crippen molar-refractivity contribution in [3.05, 3.63) is 17.5 Å². The van der Waals surface area contributed by atoms with Crippen LogP contribution in [0, 0.1) is 17.8 Å². The molecule has 17 heavy (non-hydrogen) atoms. The number of nitrogens with zero attached hydrogens (tertiary/aromatic N) is 2. The zero-order valence-electron chi connectivity index (χ0n) is 10.9. The van der Waals surface area contributed by atoms with Crippen LogP contribution in [0.5, 0.6) is 0 Å². The van der Waals surface area contributed by atoms with Crippen LogP contribution < -0.4 is 5.73 Å². The van der Waals surface area contributed by atoms with Crippen molar-refractivity contribution in [3.63, 3.8) is 0 Å². The first kappa shape index (κ1) is 11.3. The molecule has 0 radical (unpaired) electrons. The Hall–Kier alpha value is -0.830. The van der Waals surface area contributed by atoms with Gasteiger partial charge in [0.15, 0.2) is 0 Å². The lowest BCUT2D eigenvalue weighted by molar-refractivity contribution is 0.473. The van der Waals surface area contributed by atoms with E-state index in [4.69, 9.17) is 5.73 Å². The van der Waals surface area contributed by atoms with Gasteiger partial charge >= 0.3 is 0 Å². The molecule has 0 aromatic carbocycles. The topological polar surface area (TPSA) is 43.8 Å². The second-order valence-electron chi connectivity index (χ2n) is 5.81. The molecule has 2 saturated carbocycles. The molecule has 1 aromatic heterocycles. The molecule has 94 valence electrons. The van der Waals surface area contributed by atoms with Crippen LogP contribution in [-0.2, 0) is 19.9 Å². The van der Waals surface area contributed by atoms with Gasteiger partial charge in [-0.3, -0.25) is 4.68 Å². The summed E-state index contributed by atoms with van der Waals surface area (Å²) in [6.07, 6.45) is 6.30. The Morgan fingerprint density at radius 2 is 2.18 bits per heavy atom. The van der Waals surface area contributed by atoms with Gasteiger partial charge in [-0.15, -0.1) is 0 Å². The van der Waals surface area contributed by atoms with Crippen LogP contribution in [0.25, 0.3) is 0 Å². The van der Waals surface area contributed by atoms with Gasteiger partial charge in [-0.2, -0.15) is 5.10 Å². The highest BCUT2D eigenvalue weighted by molar-refractivity contribution is 5.14. The molecule has 0 bridgehead atoms. The molecule has 3 atom stereocenters. The van der Waals surface area contributed by atoms with Crippen molar-refractivity contribution in [1.82, 2.24) is 9.78 Å². The van der Waals surface area contributed by atoms with E-state index in [1.165, 1.54) is 30.7 Å². The lowest BCUT2D eigenvalue weighted by Gasteiger charge is -2.13. The highest BCUT2D eigenvalue weighted by Crippen LogP contribution is 2.58. The molecular weight excluding hydrogens is 210 g/mol. The van der Waals surface area contributed by atoms with Crippen LogP contribution in [0.2, 0.25) is 0 Å². The second kappa shape index (κ2) is 4.13. The van der Waals surface area contributed by atoms with E-state index in [-0.39, 0.29) is 0 Å². The fourth-order valence-corrected chi connectivity index (χ4v) is 3.82. The number of fused-ring (bicyclic) bond motifs is 1. The molecule has 0 saturated heterocycles. The van der Waals surface area contributed by atoms with Crippen molar-refractivity contribution in [2.75, 3.05) is 0 Å². The maximum Gasteiger partial charge on any atom is 0.0624 e. The summed E-state index contributed by atoms with van der Waals surface area (Å²) in [5, 5.41) is 4.50. The summed E-state index contributed by atoms with van der Waals surface area (Å²) in [5.74, 6) is 2.73. The molecule has 3 unspecified atom stereocenters. The monoisotopic (exact) mass is 233 g/mol. The third kappa shape index (κ3) is 1.90. The summed E-state index contributed by atoms with van der Waals surface area (Å²) in [6, 6.07) is 2.57. The molecule has 3 rings (SSSR count). The first-order valence-electron chi connectivity index (χ1n) is 6.98. The lowest BCUT2D eigenvalue weighted by atomic mass is 10.0. The maximum absolute atomic E-state index is 6.38. The smallest absolute Gasteiger partial charge is 0.0624 e. The van der Waals surface area contributed by atoms with E-state index in [1.54, 1.807) is 0 Å². The molecule has 3 nitrogen and oxygen atoms in total. The van der Waals surface area contributed by atoms with Gasteiger partial charge in [0.1, 0.15) is 0 Å². The van der Waals surface area contributed by atoms with Gasteiger partial charge in [0.05, 0.1) is 5.69 Å². The van der Waals surface area contributed by atoms with Gasteiger partial charge in [-0.25, -0.2) is 0 Å². The van der Waals surface area contributed by atoms with Gasteiger partial charge in [0.25, 0.3) is 0 Å². The summed E-state index contributed by atoms with van der Waals surface area (Å²) < 4.78 is 2.01. The fraction of sp³-hybridized carbons (Fsp3) is 0.786. The minimum atomic E-state index is 0.352. The lowest BCUT2D eigenvalue weighted by Crippen LogP contribution is -2.28. The van der Waals surface area contributed by atoms with Crippen LogP contribution in [-0.4, -0.2) is 15.8 Å². The van der Waals surface area contributed by atoms with Gasteiger partial charge in [0, 0.05) is 25.2 Å². The highest BCUT2D eigenvalue weighted by atomic mass is 15.3. The summed E-state index contributed by atoms with van der Waals surface area (Å²) >= 11 is 0. The number of nitrogens with two attached hydrogens (primary N) is 1. The number of rotatable bonds is 4. The predicted molar refractivity (Wildman–Crippen MR) is 68.6 cm³/mol. The second-order valence-corrected chi connectivity index (χ2v) is 5.81. The number of hydrogen-bond donors (Lipinski definition) is 1. The first-order chi connectivity index (χ1) is 8.20. The Bertz CT molecular complexity index is 400. The first-order valence-corrected chi connectivity index (χ1v) is 6.98. The van der Waals surface area contributed by atoms with Gasteiger partial charge in [-0.1, -0.05) is 13.3 Å². The Morgan fingerprint density at radius 1 is 1.47 bits per heavy atom. The van der Waals surface area contributed by atoms with E-state index < -0.39 is 0 Å². The Labute approximate surface area is 103 Å². The van der Waals surface area contributed by atoms with E-state index in [1.807, 2.05) is 11.7 Å². The molecule has 2 fully saturated rings. The Kier molecular flexibility index (Phi) is 2.74. The largest absolute Gasteiger partial charge is 0.327 e. The third-order valence-corrected chi connectivity index (χ3v) is 4.80. The summed E-state index contributed by atoms with van der Waals surface area (Å²) in [5.41, 5.74) is 8.87. The van der Waals surface area contributed by atoms with Crippen molar-refractivity contribution >= 4 is 0 Å². The van der Waals surface area contributed by atoms with Crippen molar-refractivity contribution in [1.29, 1.82) is 0 Å². The van der Waals surface area contributed by atoms with E-state index in [2.05, 4.69) is 18.1 Å². The molecule has 0 aliphatic heterocycles. The third-order valence-electron chi connectivity index (χ3n) is 4.80. The maximum atomic E-state index is 6.38.